The van der Waals surface area contributed by atoms with E-state index in [1.807, 2.05) is 0 Å². The lowest BCUT2D eigenvalue weighted by atomic mass is 9.92. The van der Waals surface area contributed by atoms with Gasteiger partial charge in [-0.15, -0.1) is 0 Å². The van der Waals surface area contributed by atoms with Gasteiger partial charge in [-0.2, -0.15) is 0 Å². The van der Waals surface area contributed by atoms with Crippen molar-refractivity contribution in [2.45, 2.75) is 69.3 Å². The van der Waals surface area contributed by atoms with Crippen LogP contribution in [0.3, 0.4) is 0 Å². The Hall–Kier alpha value is -3.02. The molecule has 2 N–H and O–H groups in total. The molecule has 0 bridgehead atoms. The highest BCUT2D eigenvalue weighted by molar-refractivity contribution is 5.93. The number of carbonyl (C=O) groups excluding carboxylic acids is 1. The molecule has 1 amide bonds. The van der Waals surface area contributed by atoms with Gasteiger partial charge in [0.05, 0.1) is 6.10 Å². The van der Waals surface area contributed by atoms with Crippen LogP contribution in [0.5, 0.6) is 0 Å². The van der Waals surface area contributed by atoms with E-state index in [4.69, 9.17) is 6.57 Å². The van der Waals surface area contributed by atoms with E-state index in [0.29, 0.717) is 24.6 Å². The van der Waals surface area contributed by atoms with E-state index < -0.39 is 6.10 Å². The first-order chi connectivity index (χ1) is 16.6. The fraction of sp³-hybridized carbons (Fsp3) is 0.538. The molecular weight excluding hydrogens is 428 g/mol. The summed E-state index contributed by atoms with van der Waals surface area (Å²) in [5.74, 6) is 0.482. The first kappa shape index (κ1) is 22.8. The van der Waals surface area contributed by atoms with Crippen LogP contribution in [-0.4, -0.2) is 74.6 Å². The van der Waals surface area contributed by atoms with Gasteiger partial charge < -0.3 is 20.2 Å². The zero-order valence-electron chi connectivity index (χ0n) is 19.4. The number of piperidine rings is 1. The Morgan fingerprint density at radius 2 is 1.88 bits per heavy atom. The maximum Gasteiger partial charge on any atom is 0.272 e. The number of hydrogen-bond acceptors (Lipinski definition) is 6. The number of aliphatic hydroxyl groups excluding tert-OH is 1. The minimum atomic E-state index is -0.583. The predicted molar refractivity (Wildman–Crippen MR) is 129 cm³/mol. The van der Waals surface area contributed by atoms with E-state index >= 15 is 0 Å². The average Bonchev–Trinajstić information content (AvgIpc) is 2.88. The van der Waals surface area contributed by atoms with Crippen molar-refractivity contribution >= 4 is 11.7 Å². The molecule has 178 valence electrons. The smallest absolute Gasteiger partial charge is 0.272 e. The Morgan fingerprint density at radius 3 is 2.65 bits per heavy atom. The van der Waals surface area contributed by atoms with Gasteiger partial charge in [-0.05, 0) is 36.8 Å². The lowest BCUT2D eigenvalue weighted by Gasteiger charge is -2.43. The second-order valence-electron chi connectivity index (χ2n) is 9.73. The zero-order valence-corrected chi connectivity index (χ0v) is 19.4. The molecule has 0 radical (unpaired) electrons. The Morgan fingerprint density at radius 1 is 1.09 bits per heavy atom. The van der Waals surface area contributed by atoms with Gasteiger partial charge in [-0.1, -0.05) is 24.3 Å². The summed E-state index contributed by atoms with van der Waals surface area (Å²) in [4.78, 5) is 29.4. The van der Waals surface area contributed by atoms with Gasteiger partial charge >= 0.3 is 0 Å². The number of β-amino-alcohol motifs (C(OH)–C–C–N with tert-alkyl or cyclic N) is 1. The lowest BCUT2D eigenvalue weighted by Crippen LogP contribution is -2.56. The van der Waals surface area contributed by atoms with Gasteiger partial charge in [-0.25, -0.2) is 16.5 Å². The third-order valence-electron chi connectivity index (χ3n) is 7.58. The summed E-state index contributed by atoms with van der Waals surface area (Å²) in [5, 5.41) is 14.4. The van der Waals surface area contributed by atoms with Crippen molar-refractivity contribution in [2.75, 3.05) is 25.0 Å². The molecule has 2 atom stereocenters. The van der Waals surface area contributed by atoms with Crippen LogP contribution in [0.1, 0.15) is 53.7 Å². The average molecular weight is 461 g/mol. The molecule has 2 fully saturated rings. The minimum absolute atomic E-state index is 0.0608. The van der Waals surface area contributed by atoms with Gasteiger partial charge in [0.1, 0.15) is 17.8 Å². The molecule has 1 aromatic heterocycles. The van der Waals surface area contributed by atoms with E-state index in [1.54, 1.807) is 11.0 Å². The van der Waals surface area contributed by atoms with Crippen LogP contribution >= 0.6 is 0 Å². The van der Waals surface area contributed by atoms with E-state index in [2.05, 4.69) is 49.3 Å². The van der Waals surface area contributed by atoms with Crippen LogP contribution < -0.4 is 5.32 Å². The Balaban J connectivity index is 1.18. The number of amides is 1. The molecule has 1 saturated carbocycles. The topological polar surface area (TPSA) is 86.0 Å². The molecule has 8 nitrogen and oxygen atoms in total. The zero-order chi connectivity index (χ0) is 23.5. The number of fused-ring (bicyclic) bond motifs is 1. The maximum atomic E-state index is 13.2. The number of anilines is 1. The Bertz CT molecular complexity index is 1060. The van der Waals surface area contributed by atoms with Crippen LogP contribution in [0.15, 0.2) is 36.7 Å². The van der Waals surface area contributed by atoms with Crippen molar-refractivity contribution in [3.63, 3.8) is 0 Å². The fourth-order valence-corrected chi connectivity index (χ4v) is 5.60. The van der Waals surface area contributed by atoms with E-state index in [9.17, 15) is 9.90 Å². The lowest BCUT2D eigenvalue weighted by molar-refractivity contribution is -0.0139. The van der Waals surface area contributed by atoms with Gasteiger partial charge in [-0.3, -0.25) is 9.69 Å². The number of aliphatic hydroxyl groups is 1. The minimum Gasteiger partial charge on any atom is -0.390 e. The van der Waals surface area contributed by atoms with Gasteiger partial charge in [0.15, 0.2) is 0 Å². The molecule has 3 heterocycles. The number of nitrogens with one attached hydrogen (secondary N) is 1. The number of hydrogen-bond donors (Lipinski definition) is 2. The first-order valence-corrected chi connectivity index (χ1v) is 12.3. The van der Waals surface area contributed by atoms with E-state index in [0.717, 1.165) is 51.6 Å². The third kappa shape index (κ3) is 4.91. The monoisotopic (exact) mass is 460 g/mol. The van der Waals surface area contributed by atoms with Crippen LogP contribution in [0.2, 0.25) is 0 Å². The van der Waals surface area contributed by atoms with Crippen molar-refractivity contribution in [2.24, 2.45) is 0 Å². The molecule has 1 saturated heterocycles. The highest BCUT2D eigenvalue weighted by Crippen LogP contribution is 2.27. The second-order valence-corrected chi connectivity index (χ2v) is 9.73. The number of aromatic nitrogens is 2. The van der Waals surface area contributed by atoms with E-state index in [-0.39, 0.29) is 24.0 Å². The predicted octanol–water partition coefficient (Wildman–Crippen LogP) is 2.75. The van der Waals surface area contributed by atoms with Gasteiger partial charge in [0.2, 0.25) is 6.04 Å². The maximum absolute atomic E-state index is 13.2. The standard InChI is InChI=1S/C26H32N6O2/c1-27-20-6-8-21(9-7-20)30-25-14-22(28-17-29-25)26(34)32-13-11-23(24(33)16-32)31-12-10-18-4-2-3-5-19(18)15-31/h2-5,14,17,20-21,23-24,33H,6-13,15-16H2,(H,28,29,30)/t20?,21?,23?,24-/m0/s1. The van der Waals surface area contributed by atoms with Crippen molar-refractivity contribution < 1.29 is 9.90 Å². The molecule has 1 unspecified atom stereocenters. The molecule has 2 aliphatic heterocycles. The van der Waals surface area contributed by atoms with Crippen molar-refractivity contribution in [3.05, 3.63) is 64.9 Å². The molecule has 1 aromatic carbocycles. The quantitative estimate of drug-likeness (QED) is 0.683. The number of carbonyl (C=O) groups is 1. The SMILES string of the molecule is [C-]#[N+]C1CCC(Nc2cc(C(=O)N3CCC(N4CCc5ccccc5C4)[C@@H](O)C3)ncn2)CC1. The molecule has 2 aromatic rings. The molecule has 8 heteroatoms. The largest absolute Gasteiger partial charge is 0.390 e. The van der Waals surface area contributed by atoms with Crippen LogP contribution in [0, 0.1) is 6.57 Å². The summed E-state index contributed by atoms with van der Waals surface area (Å²) in [7, 11) is 0. The highest BCUT2D eigenvalue weighted by Gasteiger charge is 2.35. The van der Waals surface area contributed by atoms with Crippen LogP contribution in [-0.2, 0) is 13.0 Å². The molecule has 1 aliphatic carbocycles. The normalized spacial score (nSPS) is 27.5. The van der Waals surface area contributed by atoms with Crippen LogP contribution in [0.25, 0.3) is 4.85 Å². The molecule has 3 aliphatic rings. The molecular formula is C26H32N6O2. The van der Waals surface area contributed by atoms with Crippen molar-refractivity contribution in [1.29, 1.82) is 0 Å². The molecule has 34 heavy (non-hydrogen) atoms. The summed E-state index contributed by atoms with van der Waals surface area (Å²) in [6, 6.07) is 10.7. The Kier molecular flexibility index (Phi) is 6.75. The number of likely N-dealkylation sites (tertiary alicyclic amines) is 1. The fourth-order valence-electron chi connectivity index (χ4n) is 5.60. The first-order valence-electron chi connectivity index (χ1n) is 12.3. The number of rotatable bonds is 4. The molecule has 0 spiro atoms. The van der Waals surface area contributed by atoms with Gasteiger partial charge in [0.25, 0.3) is 5.91 Å². The van der Waals surface area contributed by atoms with Crippen molar-refractivity contribution in [1.82, 2.24) is 19.8 Å². The summed E-state index contributed by atoms with van der Waals surface area (Å²) >= 11 is 0. The summed E-state index contributed by atoms with van der Waals surface area (Å²) < 4.78 is 0. The van der Waals surface area contributed by atoms with E-state index in [1.165, 1.54) is 17.5 Å². The molecule has 5 rings (SSSR count). The summed E-state index contributed by atoms with van der Waals surface area (Å²) in [5.41, 5.74) is 3.08. The van der Waals surface area contributed by atoms with Crippen LogP contribution in [0.4, 0.5) is 5.82 Å². The summed E-state index contributed by atoms with van der Waals surface area (Å²) in [6.07, 6.45) is 6.24. The Labute approximate surface area is 200 Å². The second kappa shape index (κ2) is 10.1. The summed E-state index contributed by atoms with van der Waals surface area (Å²) in [6.45, 7) is 9.90. The van der Waals surface area contributed by atoms with Crippen molar-refractivity contribution in [3.8, 4) is 0 Å². The highest BCUT2D eigenvalue weighted by atomic mass is 16.3. The number of benzene rings is 1. The third-order valence-corrected chi connectivity index (χ3v) is 7.58. The number of nitrogens with zero attached hydrogens (tertiary/aromatic N) is 5. The van der Waals surface area contributed by atoms with Gasteiger partial charge in [0, 0.05) is 57.2 Å².